The Labute approximate surface area is 178 Å². The molecule has 0 amide bonds. The van der Waals surface area contributed by atoms with Crippen molar-refractivity contribution in [3.8, 4) is 11.1 Å². The molecule has 1 aliphatic heterocycles. The number of halogens is 2. The van der Waals surface area contributed by atoms with Crippen LogP contribution in [0.1, 0.15) is 17.2 Å². The fourth-order valence-corrected chi connectivity index (χ4v) is 3.96. The summed E-state index contributed by atoms with van der Waals surface area (Å²) in [6, 6.07) is 24.2. The van der Waals surface area contributed by atoms with Gasteiger partial charge in [0.2, 0.25) is 5.95 Å². The molecule has 29 heavy (non-hydrogen) atoms. The van der Waals surface area contributed by atoms with Crippen LogP contribution in [0.15, 0.2) is 85.2 Å². The van der Waals surface area contributed by atoms with Crippen molar-refractivity contribution in [2.24, 2.45) is 0 Å². The third kappa shape index (κ3) is 3.31. The highest BCUT2D eigenvalue weighted by atomic mass is 35.5. The van der Waals surface area contributed by atoms with Crippen LogP contribution in [-0.4, -0.2) is 14.8 Å². The lowest BCUT2D eigenvalue weighted by Crippen LogP contribution is -2.20. The number of benzene rings is 3. The summed E-state index contributed by atoms with van der Waals surface area (Å²) in [6.07, 6.45) is 3.62. The number of allylic oxidation sites excluding steroid dienone is 1. The van der Waals surface area contributed by atoms with E-state index < -0.39 is 0 Å². The summed E-state index contributed by atoms with van der Waals surface area (Å²) in [6.45, 7) is 0. The van der Waals surface area contributed by atoms with E-state index in [1.165, 1.54) is 17.5 Å². The van der Waals surface area contributed by atoms with Gasteiger partial charge in [0.25, 0.3) is 0 Å². The average molecular weight is 419 g/mol. The molecule has 0 saturated heterocycles. The molecule has 2 heterocycles. The standard InChI is InChI=1S/C23H16Cl2N4/c24-19-8-4-7-18(22(19)25)21-13-20(28-23-26-14-27-29(21)23)17-11-9-16(10-12-17)15-5-2-1-3-6-15/h1-14,21H,(H,26,27,28)/t21-/m1/s1. The van der Waals surface area contributed by atoms with E-state index in [1.54, 1.807) is 10.7 Å². The minimum Gasteiger partial charge on any atom is -0.324 e. The highest BCUT2D eigenvalue weighted by molar-refractivity contribution is 6.42. The summed E-state index contributed by atoms with van der Waals surface area (Å²) in [5.74, 6) is 0.663. The summed E-state index contributed by atoms with van der Waals surface area (Å²) < 4.78 is 1.80. The van der Waals surface area contributed by atoms with Gasteiger partial charge < -0.3 is 5.32 Å². The minimum absolute atomic E-state index is 0.205. The Balaban J connectivity index is 1.55. The van der Waals surface area contributed by atoms with Crippen molar-refractivity contribution in [3.05, 3.63) is 106 Å². The molecule has 0 saturated carbocycles. The number of aromatic nitrogens is 3. The maximum absolute atomic E-state index is 6.50. The largest absolute Gasteiger partial charge is 0.324 e. The summed E-state index contributed by atoms with van der Waals surface area (Å²) >= 11 is 12.7. The van der Waals surface area contributed by atoms with Crippen molar-refractivity contribution in [1.29, 1.82) is 0 Å². The molecule has 4 nitrogen and oxygen atoms in total. The van der Waals surface area contributed by atoms with Crippen LogP contribution < -0.4 is 5.32 Å². The highest BCUT2D eigenvalue weighted by Gasteiger charge is 2.25. The van der Waals surface area contributed by atoms with E-state index in [0.717, 1.165) is 16.8 Å². The summed E-state index contributed by atoms with van der Waals surface area (Å²) in [5, 5.41) is 8.77. The molecule has 0 radical (unpaired) electrons. The molecule has 5 rings (SSSR count). The maximum Gasteiger partial charge on any atom is 0.226 e. The van der Waals surface area contributed by atoms with Crippen LogP contribution in [-0.2, 0) is 0 Å². The van der Waals surface area contributed by atoms with Crippen LogP contribution in [0.4, 0.5) is 5.95 Å². The predicted octanol–water partition coefficient (Wildman–Crippen LogP) is 6.31. The molecule has 1 N–H and O–H groups in total. The first-order valence-corrected chi connectivity index (χ1v) is 9.94. The van der Waals surface area contributed by atoms with E-state index in [4.69, 9.17) is 23.2 Å². The smallest absolute Gasteiger partial charge is 0.226 e. The minimum atomic E-state index is -0.205. The zero-order valence-electron chi connectivity index (χ0n) is 15.3. The zero-order valence-corrected chi connectivity index (χ0v) is 16.8. The first kappa shape index (κ1) is 18.0. The molecule has 0 spiro atoms. The number of hydrogen-bond donors (Lipinski definition) is 1. The highest BCUT2D eigenvalue weighted by Crippen LogP contribution is 2.37. The Morgan fingerprint density at radius 2 is 1.52 bits per heavy atom. The Morgan fingerprint density at radius 1 is 0.793 bits per heavy atom. The van der Waals surface area contributed by atoms with Gasteiger partial charge in [-0.05, 0) is 28.8 Å². The van der Waals surface area contributed by atoms with Gasteiger partial charge in [-0.1, -0.05) is 89.9 Å². The second kappa shape index (κ2) is 7.39. The molecule has 1 aliphatic rings. The second-order valence-electron chi connectivity index (χ2n) is 6.76. The number of nitrogens with zero attached hydrogens (tertiary/aromatic N) is 3. The summed E-state index contributed by atoms with van der Waals surface area (Å²) in [7, 11) is 0. The van der Waals surface area contributed by atoms with Gasteiger partial charge in [0, 0.05) is 11.3 Å². The topological polar surface area (TPSA) is 42.7 Å². The number of anilines is 1. The van der Waals surface area contributed by atoms with Gasteiger partial charge in [-0.3, -0.25) is 0 Å². The molecule has 4 aromatic rings. The lowest BCUT2D eigenvalue weighted by Gasteiger charge is -2.25. The summed E-state index contributed by atoms with van der Waals surface area (Å²) in [5.41, 5.74) is 5.25. The average Bonchev–Trinajstić information content (AvgIpc) is 3.25. The fourth-order valence-electron chi connectivity index (χ4n) is 3.55. The zero-order chi connectivity index (χ0) is 19.8. The van der Waals surface area contributed by atoms with E-state index in [-0.39, 0.29) is 6.04 Å². The molecule has 1 aromatic heterocycles. The maximum atomic E-state index is 6.50. The molecule has 1 atom stereocenters. The number of rotatable bonds is 3. The Hall–Kier alpha value is -3.08. The Kier molecular flexibility index (Phi) is 4.58. The quantitative estimate of drug-likeness (QED) is 0.423. The molecule has 0 unspecified atom stereocenters. The number of fused-ring (bicyclic) bond motifs is 1. The third-order valence-corrected chi connectivity index (χ3v) is 5.84. The van der Waals surface area contributed by atoms with Crippen LogP contribution in [0.3, 0.4) is 0 Å². The lowest BCUT2D eigenvalue weighted by molar-refractivity contribution is 0.612. The van der Waals surface area contributed by atoms with Crippen molar-refractivity contribution in [2.75, 3.05) is 5.32 Å². The van der Waals surface area contributed by atoms with Crippen molar-refractivity contribution in [2.45, 2.75) is 6.04 Å². The Bertz CT molecular complexity index is 1200. The normalized spacial score (nSPS) is 15.4. The number of nitrogens with one attached hydrogen (secondary N) is 1. The van der Waals surface area contributed by atoms with E-state index in [1.807, 2.05) is 30.3 Å². The monoisotopic (exact) mass is 418 g/mol. The molecule has 6 heteroatoms. The molecule has 0 aliphatic carbocycles. The molecular formula is C23H16Cl2N4. The van der Waals surface area contributed by atoms with Crippen LogP contribution in [0.2, 0.25) is 10.0 Å². The lowest BCUT2D eigenvalue weighted by atomic mass is 9.99. The molecule has 0 fully saturated rings. The van der Waals surface area contributed by atoms with Crippen molar-refractivity contribution in [3.63, 3.8) is 0 Å². The molecule has 0 bridgehead atoms. The van der Waals surface area contributed by atoms with Gasteiger partial charge in [-0.2, -0.15) is 10.1 Å². The molecule has 3 aromatic carbocycles. The van der Waals surface area contributed by atoms with Gasteiger partial charge in [-0.25, -0.2) is 4.68 Å². The molecule has 142 valence electrons. The van der Waals surface area contributed by atoms with Crippen LogP contribution in [0.25, 0.3) is 16.8 Å². The van der Waals surface area contributed by atoms with E-state index >= 15 is 0 Å². The SMILES string of the molecule is Clc1cccc([C@H]2C=C(c3ccc(-c4ccccc4)cc3)Nc3ncnn32)c1Cl. The van der Waals surface area contributed by atoms with Crippen LogP contribution in [0.5, 0.6) is 0 Å². The van der Waals surface area contributed by atoms with Gasteiger partial charge in [-0.15, -0.1) is 0 Å². The fraction of sp³-hybridized carbons (Fsp3) is 0.0435. The van der Waals surface area contributed by atoms with Crippen molar-refractivity contribution in [1.82, 2.24) is 14.8 Å². The third-order valence-electron chi connectivity index (χ3n) is 5.01. The van der Waals surface area contributed by atoms with Gasteiger partial charge >= 0.3 is 0 Å². The second-order valence-corrected chi connectivity index (χ2v) is 7.55. The van der Waals surface area contributed by atoms with Gasteiger partial charge in [0.05, 0.1) is 10.0 Å². The van der Waals surface area contributed by atoms with E-state index in [2.05, 4.69) is 57.9 Å². The summed E-state index contributed by atoms with van der Waals surface area (Å²) in [4.78, 5) is 4.35. The first-order valence-electron chi connectivity index (χ1n) is 9.19. The van der Waals surface area contributed by atoms with Crippen LogP contribution >= 0.6 is 23.2 Å². The van der Waals surface area contributed by atoms with E-state index in [0.29, 0.717) is 16.0 Å². The predicted molar refractivity (Wildman–Crippen MR) is 118 cm³/mol. The van der Waals surface area contributed by atoms with Crippen molar-refractivity contribution >= 4 is 34.8 Å². The van der Waals surface area contributed by atoms with Crippen molar-refractivity contribution < 1.29 is 0 Å². The molecular weight excluding hydrogens is 403 g/mol. The van der Waals surface area contributed by atoms with E-state index in [9.17, 15) is 0 Å². The van der Waals surface area contributed by atoms with Crippen LogP contribution in [0, 0.1) is 0 Å². The number of hydrogen-bond acceptors (Lipinski definition) is 3. The Morgan fingerprint density at radius 3 is 2.31 bits per heavy atom. The first-order chi connectivity index (χ1) is 14.2. The van der Waals surface area contributed by atoms with Gasteiger partial charge in [0.15, 0.2) is 0 Å². The van der Waals surface area contributed by atoms with Gasteiger partial charge in [0.1, 0.15) is 12.4 Å².